The molecule has 0 unspecified atom stereocenters. The second-order valence-electron chi connectivity index (χ2n) is 6.94. The summed E-state index contributed by atoms with van der Waals surface area (Å²) in [6.07, 6.45) is 0. The van der Waals surface area contributed by atoms with Crippen LogP contribution < -0.4 is 15.9 Å². The molecule has 0 saturated carbocycles. The van der Waals surface area contributed by atoms with Gasteiger partial charge in [-0.25, -0.2) is 9.07 Å². The van der Waals surface area contributed by atoms with Crippen molar-refractivity contribution < 1.29 is 13.9 Å². The van der Waals surface area contributed by atoms with E-state index in [1.165, 1.54) is 16.3 Å². The monoisotopic (exact) mass is 429 g/mol. The first-order valence-electron chi connectivity index (χ1n) is 9.49. The SMILES string of the molecule is CC(C)c1ccc(OCc2nnc(SCC(=O)NCc3ccccc3F)n2N)cc1. The minimum atomic E-state index is -0.351. The van der Waals surface area contributed by atoms with Crippen LogP contribution in [0.25, 0.3) is 0 Å². The Morgan fingerprint density at radius 2 is 1.93 bits per heavy atom. The Labute approximate surface area is 178 Å². The molecule has 9 heteroatoms. The molecular formula is C21H24FN5O2S. The smallest absolute Gasteiger partial charge is 0.230 e. The third-order valence-corrected chi connectivity index (χ3v) is 5.36. The Morgan fingerprint density at radius 1 is 1.20 bits per heavy atom. The quantitative estimate of drug-likeness (QED) is 0.401. The lowest BCUT2D eigenvalue weighted by Gasteiger charge is -2.09. The van der Waals surface area contributed by atoms with Gasteiger partial charge in [0.15, 0.2) is 5.82 Å². The van der Waals surface area contributed by atoms with Crippen LogP contribution in [0.15, 0.2) is 53.7 Å². The molecule has 30 heavy (non-hydrogen) atoms. The number of carbonyl (C=O) groups is 1. The summed E-state index contributed by atoms with van der Waals surface area (Å²) in [6.45, 7) is 4.54. The molecule has 3 rings (SSSR count). The van der Waals surface area contributed by atoms with Crippen molar-refractivity contribution >= 4 is 17.7 Å². The topological polar surface area (TPSA) is 95.1 Å². The van der Waals surface area contributed by atoms with Crippen LogP contribution in [0.4, 0.5) is 4.39 Å². The zero-order valence-electron chi connectivity index (χ0n) is 16.8. The van der Waals surface area contributed by atoms with Crippen molar-refractivity contribution in [3.05, 3.63) is 71.3 Å². The second kappa shape index (κ2) is 10.1. The number of nitrogen functional groups attached to an aromatic ring is 1. The first-order valence-corrected chi connectivity index (χ1v) is 10.5. The zero-order chi connectivity index (χ0) is 21.5. The number of ether oxygens (including phenoxy) is 1. The molecular weight excluding hydrogens is 405 g/mol. The molecule has 0 bridgehead atoms. The van der Waals surface area contributed by atoms with Gasteiger partial charge in [0.2, 0.25) is 11.1 Å². The Balaban J connectivity index is 1.47. The van der Waals surface area contributed by atoms with Gasteiger partial charge < -0.3 is 15.9 Å². The van der Waals surface area contributed by atoms with Crippen LogP contribution in [0.1, 0.15) is 36.7 Å². The van der Waals surface area contributed by atoms with Gasteiger partial charge in [-0.1, -0.05) is 55.9 Å². The van der Waals surface area contributed by atoms with E-state index in [9.17, 15) is 9.18 Å². The molecule has 158 valence electrons. The molecule has 1 aromatic heterocycles. The molecule has 0 spiro atoms. The molecule has 0 aliphatic heterocycles. The van der Waals surface area contributed by atoms with E-state index in [1.54, 1.807) is 18.2 Å². The lowest BCUT2D eigenvalue weighted by Crippen LogP contribution is -2.25. The normalized spacial score (nSPS) is 10.9. The van der Waals surface area contributed by atoms with Crippen molar-refractivity contribution in [1.29, 1.82) is 0 Å². The van der Waals surface area contributed by atoms with Gasteiger partial charge in [0, 0.05) is 12.1 Å². The van der Waals surface area contributed by atoms with E-state index in [-0.39, 0.29) is 30.6 Å². The predicted octanol–water partition coefficient (Wildman–Crippen LogP) is 3.24. The Kier molecular flexibility index (Phi) is 7.29. The van der Waals surface area contributed by atoms with Crippen LogP contribution in [0, 0.1) is 5.82 Å². The molecule has 0 atom stereocenters. The average molecular weight is 430 g/mol. The summed E-state index contributed by atoms with van der Waals surface area (Å²) in [5.41, 5.74) is 1.66. The largest absolute Gasteiger partial charge is 0.486 e. The second-order valence-corrected chi connectivity index (χ2v) is 7.88. The highest BCUT2D eigenvalue weighted by Crippen LogP contribution is 2.20. The maximum Gasteiger partial charge on any atom is 0.230 e. The number of amides is 1. The van der Waals surface area contributed by atoms with Gasteiger partial charge in [0.05, 0.1) is 5.75 Å². The van der Waals surface area contributed by atoms with Gasteiger partial charge in [-0.3, -0.25) is 4.79 Å². The van der Waals surface area contributed by atoms with E-state index in [0.29, 0.717) is 28.2 Å². The van der Waals surface area contributed by atoms with E-state index in [1.807, 2.05) is 24.3 Å². The lowest BCUT2D eigenvalue weighted by atomic mass is 10.0. The van der Waals surface area contributed by atoms with E-state index in [2.05, 4.69) is 29.4 Å². The van der Waals surface area contributed by atoms with Gasteiger partial charge in [-0.15, -0.1) is 10.2 Å². The van der Waals surface area contributed by atoms with Gasteiger partial charge in [0.1, 0.15) is 18.2 Å². The molecule has 3 aromatic rings. The van der Waals surface area contributed by atoms with Crippen molar-refractivity contribution in [2.24, 2.45) is 0 Å². The number of thioether (sulfide) groups is 1. The summed E-state index contributed by atoms with van der Waals surface area (Å²) >= 11 is 1.15. The fourth-order valence-electron chi connectivity index (χ4n) is 2.62. The number of hydrogen-bond acceptors (Lipinski definition) is 6. The summed E-state index contributed by atoms with van der Waals surface area (Å²) in [6, 6.07) is 14.2. The number of rotatable bonds is 9. The van der Waals surface area contributed by atoms with Crippen molar-refractivity contribution in [3.8, 4) is 5.75 Å². The van der Waals surface area contributed by atoms with Gasteiger partial charge in [-0.05, 0) is 29.7 Å². The van der Waals surface area contributed by atoms with Crippen LogP contribution in [-0.2, 0) is 17.9 Å². The van der Waals surface area contributed by atoms with Crippen LogP contribution >= 0.6 is 11.8 Å². The summed E-state index contributed by atoms with van der Waals surface area (Å²) < 4.78 is 20.6. The number of hydrogen-bond donors (Lipinski definition) is 2. The number of nitrogens with zero attached hydrogens (tertiary/aromatic N) is 3. The zero-order valence-corrected chi connectivity index (χ0v) is 17.7. The minimum absolute atomic E-state index is 0.0846. The Morgan fingerprint density at radius 3 is 2.63 bits per heavy atom. The number of halogens is 1. The molecule has 1 amide bonds. The highest BCUT2D eigenvalue weighted by Gasteiger charge is 2.13. The maximum atomic E-state index is 13.6. The average Bonchev–Trinajstić information content (AvgIpc) is 3.10. The highest BCUT2D eigenvalue weighted by molar-refractivity contribution is 7.99. The number of nitrogens with one attached hydrogen (secondary N) is 1. The number of benzene rings is 2. The van der Waals surface area contributed by atoms with Gasteiger partial charge in [0.25, 0.3) is 0 Å². The van der Waals surface area contributed by atoms with Crippen LogP contribution in [0.3, 0.4) is 0 Å². The number of nitrogens with two attached hydrogens (primary N) is 1. The molecule has 0 fully saturated rings. The third kappa shape index (κ3) is 5.73. The van der Waals surface area contributed by atoms with Crippen molar-refractivity contribution in [1.82, 2.24) is 20.2 Å². The van der Waals surface area contributed by atoms with Crippen molar-refractivity contribution in [2.75, 3.05) is 11.6 Å². The number of carbonyl (C=O) groups excluding carboxylic acids is 1. The standard InChI is InChI=1S/C21H24FN5O2S/c1-14(2)15-7-9-17(10-8-15)29-12-19-25-26-21(27(19)23)30-13-20(28)24-11-16-5-3-4-6-18(16)22/h3-10,14H,11-13,23H2,1-2H3,(H,24,28). The molecule has 3 N–H and O–H groups in total. The van der Waals surface area contributed by atoms with Gasteiger partial charge in [-0.2, -0.15) is 0 Å². The molecule has 0 radical (unpaired) electrons. The summed E-state index contributed by atoms with van der Waals surface area (Å²) in [5, 5.41) is 11.1. The van der Waals surface area contributed by atoms with Crippen molar-refractivity contribution in [2.45, 2.75) is 38.1 Å². The summed E-state index contributed by atoms with van der Waals surface area (Å²) in [4.78, 5) is 12.0. The fourth-order valence-corrected chi connectivity index (χ4v) is 3.32. The summed E-state index contributed by atoms with van der Waals surface area (Å²) in [7, 11) is 0. The van der Waals surface area contributed by atoms with Crippen LogP contribution in [-0.4, -0.2) is 26.5 Å². The maximum absolute atomic E-state index is 13.6. The first-order chi connectivity index (χ1) is 14.4. The van der Waals surface area contributed by atoms with E-state index < -0.39 is 0 Å². The van der Waals surface area contributed by atoms with Crippen molar-refractivity contribution in [3.63, 3.8) is 0 Å². The molecule has 0 saturated heterocycles. The van der Waals surface area contributed by atoms with E-state index >= 15 is 0 Å². The van der Waals surface area contributed by atoms with Crippen LogP contribution in [0.5, 0.6) is 5.75 Å². The van der Waals surface area contributed by atoms with E-state index in [4.69, 9.17) is 10.6 Å². The lowest BCUT2D eigenvalue weighted by molar-refractivity contribution is -0.118. The summed E-state index contributed by atoms with van der Waals surface area (Å²) in [5.74, 6) is 7.10. The van der Waals surface area contributed by atoms with E-state index in [0.717, 1.165) is 11.8 Å². The fraction of sp³-hybridized carbons (Fsp3) is 0.286. The predicted molar refractivity (Wildman–Crippen MR) is 114 cm³/mol. The first kappa shape index (κ1) is 21.6. The Hall–Kier alpha value is -3.07. The molecule has 2 aromatic carbocycles. The Bertz CT molecular complexity index is 991. The molecule has 7 nitrogen and oxygen atoms in total. The molecule has 0 aliphatic rings. The molecule has 0 aliphatic carbocycles. The minimum Gasteiger partial charge on any atom is -0.486 e. The highest BCUT2D eigenvalue weighted by atomic mass is 32.2. The van der Waals surface area contributed by atoms with Crippen LogP contribution in [0.2, 0.25) is 0 Å². The number of aromatic nitrogens is 3. The molecule has 1 heterocycles. The van der Waals surface area contributed by atoms with Gasteiger partial charge >= 0.3 is 0 Å². The third-order valence-electron chi connectivity index (χ3n) is 4.42.